The molecule has 1 unspecified atom stereocenters. The van der Waals surface area contributed by atoms with Crippen molar-refractivity contribution in [1.29, 1.82) is 0 Å². The zero-order valence-corrected chi connectivity index (χ0v) is 27.4. The SMILES string of the molecule is Cc1cc(C)c(Nc2cc(S(=O)(=O)[O-])c(N)c3c2C(=O)c2ccccc2C3=O)c(C)c1NC(=O)C(Br)CBr.[Na+]. The zero-order valence-electron chi connectivity index (χ0n) is 21.4. The molecule has 39 heavy (non-hydrogen) atoms. The number of halogens is 2. The van der Waals surface area contributed by atoms with Gasteiger partial charge in [-0.1, -0.05) is 62.2 Å². The van der Waals surface area contributed by atoms with Gasteiger partial charge in [0.1, 0.15) is 14.9 Å². The number of fused-ring (bicyclic) bond motifs is 2. The number of nitrogens with one attached hydrogen (secondary N) is 2. The molecule has 0 radical (unpaired) electrons. The van der Waals surface area contributed by atoms with Crippen LogP contribution < -0.4 is 45.9 Å². The van der Waals surface area contributed by atoms with E-state index in [1.54, 1.807) is 32.0 Å². The average Bonchev–Trinajstić information content (AvgIpc) is 2.86. The molecule has 1 aliphatic carbocycles. The van der Waals surface area contributed by atoms with E-state index >= 15 is 0 Å². The van der Waals surface area contributed by atoms with Crippen LogP contribution in [0.1, 0.15) is 48.5 Å². The second-order valence-electron chi connectivity index (χ2n) is 8.87. The molecule has 0 fully saturated rings. The number of rotatable bonds is 6. The molecule has 0 saturated carbocycles. The number of hydrogen-bond donors (Lipinski definition) is 3. The van der Waals surface area contributed by atoms with Crippen molar-refractivity contribution in [2.75, 3.05) is 21.7 Å². The summed E-state index contributed by atoms with van der Waals surface area (Å²) in [4.78, 5) is 38.2. The van der Waals surface area contributed by atoms with Crippen LogP contribution in [0.2, 0.25) is 0 Å². The van der Waals surface area contributed by atoms with Gasteiger partial charge in [-0.2, -0.15) is 0 Å². The Hall–Kier alpha value is -2.06. The van der Waals surface area contributed by atoms with E-state index in [1.165, 1.54) is 12.1 Å². The number of ketones is 2. The van der Waals surface area contributed by atoms with E-state index in [9.17, 15) is 27.4 Å². The van der Waals surface area contributed by atoms with Gasteiger partial charge in [-0.05, 0) is 43.5 Å². The van der Waals surface area contributed by atoms with Crippen LogP contribution >= 0.6 is 31.9 Å². The summed E-state index contributed by atoms with van der Waals surface area (Å²) in [5.74, 6) is -1.50. The van der Waals surface area contributed by atoms with Gasteiger partial charge >= 0.3 is 29.6 Å². The fraction of sp³-hybridized carbons (Fsp3) is 0.192. The number of alkyl halides is 2. The third-order valence-corrected chi connectivity index (χ3v) is 9.50. The number of nitrogen functional groups attached to an aromatic ring is 1. The number of carbonyl (C=O) groups is 3. The largest absolute Gasteiger partial charge is 1.00 e. The van der Waals surface area contributed by atoms with Crippen molar-refractivity contribution < 1.29 is 56.9 Å². The maximum atomic E-state index is 13.6. The Labute approximate surface area is 264 Å². The first-order valence-electron chi connectivity index (χ1n) is 11.3. The van der Waals surface area contributed by atoms with Crippen molar-refractivity contribution in [3.05, 3.63) is 75.3 Å². The summed E-state index contributed by atoms with van der Waals surface area (Å²) in [5.41, 5.74) is 8.15. The molecule has 0 saturated heterocycles. The quantitative estimate of drug-likeness (QED) is 0.120. The van der Waals surface area contributed by atoms with Gasteiger partial charge in [0, 0.05) is 27.8 Å². The monoisotopic (exact) mass is 685 g/mol. The first kappa shape index (κ1) is 31.5. The number of aryl methyl sites for hydroxylation is 2. The molecule has 4 N–H and O–H groups in total. The summed E-state index contributed by atoms with van der Waals surface area (Å²) in [6, 6.07) is 8.89. The molecule has 1 amide bonds. The Bertz CT molecular complexity index is 1660. The Balaban J connectivity index is 0.00000420. The molecule has 4 rings (SSSR count). The summed E-state index contributed by atoms with van der Waals surface area (Å²) in [7, 11) is -5.11. The standard InChI is InChI=1S/C26H23Br2N3O6S.Na/c1-11-8-12(2)23(31-26(34)16(28)10-27)13(3)22(11)30-17-9-18(38(35,36)37)21(29)20-19(17)24(32)14-6-4-5-7-15(14)25(20)33;/h4-9,16,30H,10,29H2,1-3H3,(H,31,34)(H,35,36,37);/q;+1/p-1. The van der Waals surface area contributed by atoms with E-state index in [2.05, 4.69) is 42.5 Å². The number of amides is 1. The van der Waals surface area contributed by atoms with Gasteiger partial charge in [-0.25, -0.2) is 8.42 Å². The fourth-order valence-corrected chi connectivity index (χ4v) is 5.62. The van der Waals surface area contributed by atoms with E-state index in [1.807, 2.05) is 6.92 Å². The molecule has 0 aromatic heterocycles. The molecule has 0 bridgehead atoms. The first-order chi connectivity index (χ1) is 17.8. The van der Waals surface area contributed by atoms with Crippen molar-refractivity contribution in [3.8, 4) is 0 Å². The minimum Gasteiger partial charge on any atom is -0.744 e. The van der Waals surface area contributed by atoms with Crippen LogP contribution in [0.4, 0.5) is 22.7 Å². The molecule has 3 aromatic rings. The maximum absolute atomic E-state index is 13.6. The zero-order chi connectivity index (χ0) is 28.1. The minimum atomic E-state index is -5.11. The molecule has 0 spiro atoms. The third kappa shape index (κ3) is 5.74. The van der Waals surface area contributed by atoms with Crippen LogP contribution in [0, 0.1) is 20.8 Å². The summed E-state index contributed by atoms with van der Waals surface area (Å²) in [6.07, 6.45) is 0. The molecule has 198 valence electrons. The Morgan fingerprint density at radius 1 is 1.00 bits per heavy atom. The van der Waals surface area contributed by atoms with Gasteiger partial charge in [0.25, 0.3) is 0 Å². The second kappa shape index (κ2) is 11.8. The molecule has 1 aliphatic rings. The molecule has 9 nitrogen and oxygen atoms in total. The molecular formula is C26H22Br2N3NaO6S. The van der Waals surface area contributed by atoms with Crippen LogP contribution in [0.3, 0.4) is 0 Å². The van der Waals surface area contributed by atoms with E-state index in [0.29, 0.717) is 27.8 Å². The first-order valence-corrected chi connectivity index (χ1v) is 14.7. The summed E-state index contributed by atoms with van der Waals surface area (Å²) >= 11 is 6.55. The maximum Gasteiger partial charge on any atom is 1.00 e. The number of nitrogens with two attached hydrogens (primary N) is 1. The normalized spacial score (nSPS) is 13.2. The van der Waals surface area contributed by atoms with Gasteiger partial charge in [0.15, 0.2) is 11.6 Å². The second-order valence-corrected chi connectivity index (χ2v) is 12.0. The summed E-state index contributed by atoms with van der Waals surface area (Å²) < 4.78 is 36.3. The summed E-state index contributed by atoms with van der Waals surface area (Å²) in [5, 5.41) is 6.33. The van der Waals surface area contributed by atoms with Crippen LogP contribution in [0.5, 0.6) is 0 Å². The van der Waals surface area contributed by atoms with E-state index in [-0.39, 0.29) is 63.4 Å². The molecule has 13 heteroatoms. The Kier molecular flexibility index (Phi) is 9.53. The van der Waals surface area contributed by atoms with Crippen LogP contribution in [-0.4, -0.2) is 40.6 Å². The molecule has 0 aliphatic heterocycles. The predicted octanol–water partition coefficient (Wildman–Crippen LogP) is 1.72. The number of hydrogen-bond acceptors (Lipinski definition) is 8. The van der Waals surface area contributed by atoms with E-state index in [4.69, 9.17) is 5.73 Å². The fourth-order valence-electron chi connectivity index (χ4n) is 4.58. The van der Waals surface area contributed by atoms with Gasteiger partial charge in [0.2, 0.25) is 5.91 Å². The molecular weight excluding hydrogens is 665 g/mol. The van der Waals surface area contributed by atoms with Crippen molar-refractivity contribution in [2.45, 2.75) is 30.5 Å². The molecule has 3 aromatic carbocycles. The average molecular weight is 687 g/mol. The number of anilines is 4. The van der Waals surface area contributed by atoms with Crippen molar-refractivity contribution in [1.82, 2.24) is 0 Å². The number of benzene rings is 3. The third-order valence-electron chi connectivity index (χ3n) is 6.37. The minimum absolute atomic E-state index is 0. The van der Waals surface area contributed by atoms with Crippen LogP contribution in [-0.2, 0) is 14.9 Å². The number of carbonyl (C=O) groups excluding carboxylic acids is 3. The smallest absolute Gasteiger partial charge is 0.744 e. The van der Waals surface area contributed by atoms with Crippen molar-refractivity contribution in [2.24, 2.45) is 0 Å². The summed E-state index contributed by atoms with van der Waals surface area (Å²) in [6.45, 7) is 5.35. The topological polar surface area (TPSA) is 158 Å². The van der Waals surface area contributed by atoms with Crippen molar-refractivity contribution >= 4 is 82.2 Å². The van der Waals surface area contributed by atoms with Crippen molar-refractivity contribution in [3.63, 3.8) is 0 Å². The molecule has 1 atom stereocenters. The van der Waals surface area contributed by atoms with E-state index < -0.39 is 37.1 Å². The Morgan fingerprint density at radius 3 is 2.08 bits per heavy atom. The van der Waals surface area contributed by atoms with Crippen LogP contribution in [0.15, 0.2) is 41.3 Å². The molecule has 0 heterocycles. The predicted molar refractivity (Wildman–Crippen MR) is 151 cm³/mol. The Morgan fingerprint density at radius 2 is 1.54 bits per heavy atom. The van der Waals surface area contributed by atoms with Gasteiger partial charge in [-0.15, -0.1) is 0 Å². The van der Waals surface area contributed by atoms with Crippen LogP contribution in [0.25, 0.3) is 0 Å². The van der Waals surface area contributed by atoms with Gasteiger partial charge < -0.3 is 20.9 Å². The van der Waals surface area contributed by atoms with Gasteiger partial charge in [-0.3, -0.25) is 14.4 Å². The van der Waals surface area contributed by atoms with Gasteiger partial charge in [0.05, 0.1) is 27.4 Å². The van der Waals surface area contributed by atoms with E-state index in [0.717, 1.165) is 11.6 Å².